The summed E-state index contributed by atoms with van der Waals surface area (Å²) in [7, 11) is 0. The van der Waals surface area contributed by atoms with Gasteiger partial charge in [0.15, 0.2) is 0 Å². The molecule has 0 saturated carbocycles. The zero-order valence-electron chi connectivity index (χ0n) is 16.5. The van der Waals surface area contributed by atoms with Crippen molar-refractivity contribution in [1.29, 1.82) is 0 Å². The number of carbonyl (C=O) groups is 1. The van der Waals surface area contributed by atoms with Crippen molar-refractivity contribution >= 4 is 11.6 Å². The van der Waals surface area contributed by atoms with Crippen molar-refractivity contribution in [1.82, 2.24) is 4.90 Å². The largest absolute Gasteiger partial charge is 0.490 e. The number of halogens is 1. The van der Waals surface area contributed by atoms with E-state index >= 15 is 0 Å². The van der Waals surface area contributed by atoms with Gasteiger partial charge in [0.1, 0.15) is 36.1 Å². The van der Waals surface area contributed by atoms with Gasteiger partial charge < -0.3 is 24.8 Å². The molecule has 1 amide bonds. The number of ether oxygens (including phenoxy) is 2. The predicted molar refractivity (Wildman–Crippen MR) is 109 cm³/mol. The molecule has 1 aliphatic rings. The second-order valence-electron chi connectivity index (χ2n) is 7.21. The lowest BCUT2D eigenvalue weighted by molar-refractivity contribution is -0.114. The van der Waals surface area contributed by atoms with E-state index < -0.39 is 6.10 Å². The van der Waals surface area contributed by atoms with Gasteiger partial charge >= 0.3 is 0 Å². The van der Waals surface area contributed by atoms with Crippen LogP contribution in [0.25, 0.3) is 0 Å². The monoisotopic (exact) mass is 402 g/mol. The Morgan fingerprint density at radius 3 is 2.59 bits per heavy atom. The Labute approximate surface area is 170 Å². The third-order valence-electron chi connectivity index (χ3n) is 4.75. The van der Waals surface area contributed by atoms with Crippen LogP contribution < -0.4 is 14.8 Å². The number of aliphatic hydroxyl groups is 1. The van der Waals surface area contributed by atoms with Crippen LogP contribution in [-0.2, 0) is 4.79 Å². The number of nitrogens with one attached hydrogen (secondary N) is 1. The Morgan fingerprint density at radius 1 is 1.21 bits per heavy atom. The molecule has 3 rings (SSSR count). The number of para-hydroxylation sites is 2. The fourth-order valence-electron chi connectivity index (χ4n) is 3.34. The summed E-state index contributed by atoms with van der Waals surface area (Å²) in [4.78, 5) is 13.5. The van der Waals surface area contributed by atoms with E-state index in [2.05, 4.69) is 10.2 Å². The number of carbonyl (C=O) groups excluding carboxylic acids is 1. The first kappa shape index (κ1) is 21.1. The number of piperidine rings is 1. The summed E-state index contributed by atoms with van der Waals surface area (Å²) in [6, 6.07) is 13.2. The summed E-state index contributed by atoms with van der Waals surface area (Å²) >= 11 is 0. The fourth-order valence-corrected chi connectivity index (χ4v) is 3.34. The molecular formula is C22H27FN2O4. The van der Waals surface area contributed by atoms with Crippen LogP contribution in [-0.4, -0.2) is 54.4 Å². The van der Waals surface area contributed by atoms with Crippen molar-refractivity contribution in [3.8, 4) is 11.5 Å². The van der Waals surface area contributed by atoms with Gasteiger partial charge in [-0.15, -0.1) is 0 Å². The molecule has 2 aromatic carbocycles. The minimum Gasteiger partial charge on any atom is -0.490 e. The third kappa shape index (κ3) is 6.73. The van der Waals surface area contributed by atoms with Crippen LogP contribution in [0.15, 0.2) is 48.5 Å². The fraction of sp³-hybridized carbons (Fsp3) is 0.409. The average molecular weight is 402 g/mol. The summed E-state index contributed by atoms with van der Waals surface area (Å²) in [5.74, 6) is 0.764. The van der Waals surface area contributed by atoms with Gasteiger partial charge in [-0.2, -0.15) is 0 Å². The van der Waals surface area contributed by atoms with E-state index in [0.29, 0.717) is 23.7 Å². The summed E-state index contributed by atoms with van der Waals surface area (Å²) < 4.78 is 24.6. The molecule has 0 bridgehead atoms. The van der Waals surface area contributed by atoms with Crippen LogP contribution in [0.1, 0.15) is 19.8 Å². The maximum Gasteiger partial charge on any atom is 0.221 e. The van der Waals surface area contributed by atoms with E-state index in [-0.39, 0.29) is 24.4 Å². The van der Waals surface area contributed by atoms with Crippen molar-refractivity contribution in [3.63, 3.8) is 0 Å². The molecule has 7 heteroatoms. The smallest absolute Gasteiger partial charge is 0.221 e. The molecule has 2 N–H and O–H groups in total. The van der Waals surface area contributed by atoms with Crippen LogP contribution >= 0.6 is 0 Å². The lowest BCUT2D eigenvalue weighted by Gasteiger charge is -2.33. The molecule has 29 heavy (non-hydrogen) atoms. The van der Waals surface area contributed by atoms with Gasteiger partial charge in [0.25, 0.3) is 0 Å². The van der Waals surface area contributed by atoms with E-state index in [0.717, 1.165) is 25.9 Å². The topological polar surface area (TPSA) is 71.0 Å². The summed E-state index contributed by atoms with van der Waals surface area (Å²) in [5, 5.41) is 13.1. The second-order valence-corrected chi connectivity index (χ2v) is 7.21. The lowest BCUT2D eigenvalue weighted by atomic mass is 10.1. The maximum atomic E-state index is 13.0. The SMILES string of the molecule is CC(=O)Nc1ccccc1OCC(O)CN1CCC(Oc2ccc(F)cc2)CC1. The number of amides is 1. The van der Waals surface area contributed by atoms with Crippen molar-refractivity contribution in [2.75, 3.05) is 31.6 Å². The number of β-amino-alcohol motifs (C(OH)–C–C–N with tert-alkyl or cyclic N) is 1. The van der Waals surface area contributed by atoms with Crippen LogP contribution in [0, 0.1) is 5.82 Å². The first-order valence-corrected chi connectivity index (χ1v) is 9.81. The van der Waals surface area contributed by atoms with Gasteiger partial charge in [-0.25, -0.2) is 4.39 Å². The molecular weight excluding hydrogens is 375 g/mol. The van der Waals surface area contributed by atoms with E-state index in [1.54, 1.807) is 24.3 Å². The Bertz CT molecular complexity index is 792. The van der Waals surface area contributed by atoms with E-state index in [1.807, 2.05) is 12.1 Å². The highest BCUT2D eigenvalue weighted by molar-refractivity contribution is 5.90. The van der Waals surface area contributed by atoms with E-state index in [1.165, 1.54) is 19.1 Å². The van der Waals surface area contributed by atoms with Crippen molar-refractivity contribution in [2.45, 2.75) is 32.0 Å². The Kier molecular flexibility index (Phi) is 7.43. The van der Waals surface area contributed by atoms with Crippen molar-refractivity contribution in [3.05, 3.63) is 54.3 Å². The Morgan fingerprint density at radius 2 is 1.90 bits per heavy atom. The van der Waals surface area contributed by atoms with E-state index in [9.17, 15) is 14.3 Å². The second kappa shape index (κ2) is 10.2. The predicted octanol–water partition coefficient (Wildman–Crippen LogP) is 3.07. The number of rotatable bonds is 8. The number of likely N-dealkylation sites (tertiary alicyclic amines) is 1. The quantitative estimate of drug-likeness (QED) is 0.710. The van der Waals surface area contributed by atoms with Crippen molar-refractivity contribution in [2.24, 2.45) is 0 Å². The van der Waals surface area contributed by atoms with Gasteiger partial charge in [-0.3, -0.25) is 4.79 Å². The third-order valence-corrected chi connectivity index (χ3v) is 4.75. The van der Waals surface area contributed by atoms with Gasteiger partial charge in [0, 0.05) is 26.6 Å². The molecule has 0 aromatic heterocycles. The zero-order chi connectivity index (χ0) is 20.6. The van der Waals surface area contributed by atoms with Crippen LogP contribution in [0.3, 0.4) is 0 Å². The molecule has 0 aliphatic carbocycles. The first-order chi connectivity index (χ1) is 14.0. The number of benzene rings is 2. The lowest BCUT2D eigenvalue weighted by Crippen LogP contribution is -2.43. The zero-order valence-corrected chi connectivity index (χ0v) is 16.5. The van der Waals surface area contributed by atoms with Crippen LogP contribution in [0.4, 0.5) is 10.1 Å². The number of anilines is 1. The van der Waals surface area contributed by atoms with Gasteiger partial charge in [-0.1, -0.05) is 12.1 Å². The molecule has 156 valence electrons. The summed E-state index contributed by atoms with van der Waals surface area (Å²) in [5.41, 5.74) is 0.589. The number of hydrogen-bond acceptors (Lipinski definition) is 5. The van der Waals surface area contributed by atoms with Gasteiger partial charge in [-0.05, 0) is 49.2 Å². The highest BCUT2D eigenvalue weighted by Crippen LogP contribution is 2.24. The number of aliphatic hydroxyl groups excluding tert-OH is 1. The number of hydrogen-bond donors (Lipinski definition) is 2. The highest BCUT2D eigenvalue weighted by Gasteiger charge is 2.22. The molecule has 6 nitrogen and oxygen atoms in total. The van der Waals surface area contributed by atoms with E-state index in [4.69, 9.17) is 9.47 Å². The normalized spacial score (nSPS) is 16.2. The minimum absolute atomic E-state index is 0.0923. The highest BCUT2D eigenvalue weighted by atomic mass is 19.1. The average Bonchev–Trinajstić information content (AvgIpc) is 2.70. The van der Waals surface area contributed by atoms with Crippen LogP contribution in [0.5, 0.6) is 11.5 Å². The molecule has 0 spiro atoms. The molecule has 0 radical (unpaired) electrons. The standard InChI is InChI=1S/C22H27FN2O4/c1-16(26)24-21-4-2-3-5-22(21)28-15-18(27)14-25-12-10-20(11-13-25)29-19-8-6-17(23)7-9-19/h2-9,18,20,27H,10-15H2,1H3,(H,24,26). The van der Waals surface area contributed by atoms with Crippen molar-refractivity contribution < 1.29 is 23.8 Å². The van der Waals surface area contributed by atoms with Crippen LogP contribution in [0.2, 0.25) is 0 Å². The molecule has 1 atom stereocenters. The maximum absolute atomic E-state index is 13.0. The Balaban J connectivity index is 1.40. The minimum atomic E-state index is -0.644. The molecule has 1 fully saturated rings. The first-order valence-electron chi connectivity index (χ1n) is 9.81. The molecule has 1 saturated heterocycles. The summed E-state index contributed by atoms with van der Waals surface area (Å²) in [6.07, 6.45) is 1.14. The molecule has 1 heterocycles. The van der Waals surface area contributed by atoms with Gasteiger partial charge in [0.2, 0.25) is 5.91 Å². The van der Waals surface area contributed by atoms with Gasteiger partial charge in [0.05, 0.1) is 5.69 Å². The number of nitrogens with zero attached hydrogens (tertiary/aromatic N) is 1. The Hall–Kier alpha value is -2.64. The molecule has 2 aromatic rings. The molecule has 1 aliphatic heterocycles. The summed E-state index contributed by atoms with van der Waals surface area (Å²) in [6.45, 7) is 3.71. The molecule has 1 unspecified atom stereocenters.